The van der Waals surface area contributed by atoms with Crippen molar-refractivity contribution in [2.45, 2.75) is 37.4 Å². The summed E-state index contributed by atoms with van der Waals surface area (Å²) in [5.74, 6) is 0.374. The van der Waals surface area contributed by atoms with Gasteiger partial charge in [0.2, 0.25) is 5.91 Å². The molecule has 3 fully saturated rings. The van der Waals surface area contributed by atoms with E-state index in [4.69, 9.17) is 4.74 Å². The maximum absolute atomic E-state index is 13.7. The fraction of sp³-hybridized carbons (Fsp3) is 0.480. The largest absolute Gasteiger partial charge is 0.497 e. The number of carbonyl (C=O) groups excluding carboxylic acids is 3. The number of rotatable bonds is 6. The summed E-state index contributed by atoms with van der Waals surface area (Å²) in [5, 5.41) is 5.18. The second kappa shape index (κ2) is 9.76. The summed E-state index contributed by atoms with van der Waals surface area (Å²) in [4.78, 5) is 46.8. The van der Waals surface area contributed by atoms with Crippen molar-refractivity contribution >= 4 is 29.1 Å². The van der Waals surface area contributed by atoms with Crippen molar-refractivity contribution in [1.82, 2.24) is 20.0 Å². The van der Waals surface area contributed by atoms with Gasteiger partial charge in [0.05, 0.1) is 18.0 Å². The van der Waals surface area contributed by atoms with E-state index in [1.165, 1.54) is 11.3 Å². The Morgan fingerprint density at radius 1 is 1.09 bits per heavy atom. The van der Waals surface area contributed by atoms with Gasteiger partial charge < -0.3 is 24.8 Å². The average molecular weight is 483 g/mol. The smallest absolute Gasteiger partial charge is 0.264 e. The number of thiophene rings is 1. The molecular formula is C25H30N4O4S. The zero-order valence-corrected chi connectivity index (χ0v) is 20.1. The van der Waals surface area contributed by atoms with E-state index < -0.39 is 6.04 Å². The number of methoxy groups -OCH3 is 1. The number of hydrogen-bond acceptors (Lipinski definition) is 6. The minimum Gasteiger partial charge on any atom is -0.497 e. The van der Waals surface area contributed by atoms with Gasteiger partial charge in [-0.15, -0.1) is 11.3 Å². The molecule has 0 radical (unpaired) electrons. The van der Waals surface area contributed by atoms with Crippen LogP contribution in [0, 0.1) is 0 Å². The van der Waals surface area contributed by atoms with Gasteiger partial charge in [-0.2, -0.15) is 0 Å². The van der Waals surface area contributed by atoms with Crippen LogP contribution in [0.15, 0.2) is 41.8 Å². The second-order valence-corrected chi connectivity index (χ2v) is 10.0. The SMILES string of the molecule is COc1cccc(C(=O)N2CC(N(C(=O)c3cccs3)C3CC3)CC2C(=O)N2CCNCC2)c1. The molecule has 3 heterocycles. The van der Waals surface area contributed by atoms with E-state index in [0.717, 1.165) is 25.9 Å². The number of likely N-dealkylation sites (tertiary alicyclic amines) is 1. The Bertz CT molecular complexity index is 1050. The number of nitrogens with one attached hydrogen (secondary N) is 1. The molecule has 1 aromatic carbocycles. The van der Waals surface area contributed by atoms with Crippen LogP contribution in [-0.4, -0.2) is 90.4 Å². The maximum atomic E-state index is 13.7. The molecule has 3 aliphatic rings. The highest BCUT2D eigenvalue weighted by atomic mass is 32.1. The molecule has 5 rings (SSSR count). The molecule has 2 atom stereocenters. The minimum absolute atomic E-state index is 0.00607. The summed E-state index contributed by atoms with van der Waals surface area (Å²) < 4.78 is 5.30. The monoisotopic (exact) mass is 482 g/mol. The molecule has 34 heavy (non-hydrogen) atoms. The molecule has 0 bridgehead atoms. The van der Waals surface area contributed by atoms with Crippen LogP contribution < -0.4 is 10.1 Å². The summed E-state index contributed by atoms with van der Waals surface area (Å²) in [5.41, 5.74) is 0.487. The molecule has 8 nitrogen and oxygen atoms in total. The van der Waals surface area contributed by atoms with E-state index in [1.807, 2.05) is 27.3 Å². The lowest BCUT2D eigenvalue weighted by atomic mass is 10.1. The van der Waals surface area contributed by atoms with Gasteiger partial charge in [0.15, 0.2) is 0 Å². The lowest BCUT2D eigenvalue weighted by Gasteiger charge is -2.32. The molecule has 180 valence electrons. The van der Waals surface area contributed by atoms with E-state index in [9.17, 15) is 14.4 Å². The van der Waals surface area contributed by atoms with Gasteiger partial charge in [0, 0.05) is 44.3 Å². The molecule has 9 heteroatoms. The molecule has 1 aromatic heterocycles. The Morgan fingerprint density at radius 2 is 1.88 bits per heavy atom. The van der Waals surface area contributed by atoms with Gasteiger partial charge in [0.25, 0.3) is 11.8 Å². The van der Waals surface area contributed by atoms with Gasteiger partial charge in [-0.05, 0) is 48.9 Å². The fourth-order valence-corrected chi connectivity index (χ4v) is 5.67. The van der Waals surface area contributed by atoms with Crippen molar-refractivity contribution < 1.29 is 19.1 Å². The summed E-state index contributed by atoms with van der Waals surface area (Å²) in [6.07, 6.45) is 2.40. The molecular weight excluding hydrogens is 452 g/mol. The Labute approximate surface area is 203 Å². The molecule has 2 saturated heterocycles. The van der Waals surface area contributed by atoms with E-state index in [-0.39, 0.29) is 29.8 Å². The summed E-state index contributed by atoms with van der Waals surface area (Å²) in [7, 11) is 1.57. The zero-order valence-electron chi connectivity index (χ0n) is 19.3. The van der Waals surface area contributed by atoms with Gasteiger partial charge >= 0.3 is 0 Å². The lowest BCUT2D eigenvalue weighted by molar-refractivity contribution is -0.135. The predicted octanol–water partition coefficient (Wildman–Crippen LogP) is 2.08. The zero-order chi connectivity index (χ0) is 23.7. The molecule has 1 aliphatic carbocycles. The van der Waals surface area contributed by atoms with E-state index in [1.54, 1.807) is 36.3 Å². The van der Waals surface area contributed by atoms with Crippen LogP contribution in [0.3, 0.4) is 0 Å². The third kappa shape index (κ3) is 4.54. The van der Waals surface area contributed by atoms with Crippen molar-refractivity contribution in [3.8, 4) is 5.75 Å². The van der Waals surface area contributed by atoms with Gasteiger partial charge in [0.1, 0.15) is 11.8 Å². The first-order chi connectivity index (χ1) is 16.6. The van der Waals surface area contributed by atoms with Crippen LogP contribution in [0.1, 0.15) is 39.3 Å². The number of amides is 3. The molecule has 2 aliphatic heterocycles. The van der Waals surface area contributed by atoms with Crippen molar-refractivity contribution in [3.63, 3.8) is 0 Å². The van der Waals surface area contributed by atoms with E-state index >= 15 is 0 Å². The van der Waals surface area contributed by atoms with Crippen molar-refractivity contribution in [1.29, 1.82) is 0 Å². The highest BCUT2D eigenvalue weighted by molar-refractivity contribution is 7.12. The molecule has 1 saturated carbocycles. The van der Waals surface area contributed by atoms with Crippen LogP contribution in [0.5, 0.6) is 5.75 Å². The van der Waals surface area contributed by atoms with Crippen LogP contribution >= 0.6 is 11.3 Å². The summed E-state index contributed by atoms with van der Waals surface area (Å²) >= 11 is 1.43. The quantitative estimate of drug-likeness (QED) is 0.682. The third-order valence-electron chi connectivity index (χ3n) is 6.87. The number of nitrogens with zero attached hydrogens (tertiary/aromatic N) is 3. The molecule has 1 N–H and O–H groups in total. The Kier molecular flexibility index (Phi) is 6.56. The number of hydrogen-bond donors (Lipinski definition) is 1. The summed E-state index contributed by atoms with van der Waals surface area (Å²) in [6.45, 7) is 3.10. The highest BCUT2D eigenvalue weighted by Gasteiger charge is 2.48. The number of ether oxygens (including phenoxy) is 1. The second-order valence-electron chi connectivity index (χ2n) is 9.09. The Morgan fingerprint density at radius 3 is 2.56 bits per heavy atom. The normalized spacial score (nSPS) is 22.5. The molecule has 2 aromatic rings. The number of piperazine rings is 1. The minimum atomic E-state index is -0.584. The first-order valence-corrected chi connectivity index (χ1v) is 12.8. The van der Waals surface area contributed by atoms with E-state index in [2.05, 4.69) is 5.32 Å². The van der Waals surface area contributed by atoms with Gasteiger partial charge in [-0.1, -0.05) is 12.1 Å². The standard InChI is InChI=1S/C25H30N4O4S/c1-33-20-5-2-4-17(14-20)23(30)28-16-19(15-21(28)24(31)27-11-9-26-10-12-27)29(18-7-8-18)25(32)22-6-3-13-34-22/h2-6,13-14,18-19,21,26H,7-12,15-16H2,1H3. The van der Waals surface area contributed by atoms with Crippen LogP contribution in [0.25, 0.3) is 0 Å². The maximum Gasteiger partial charge on any atom is 0.264 e. The Balaban J connectivity index is 1.44. The molecule has 0 spiro atoms. The predicted molar refractivity (Wildman–Crippen MR) is 129 cm³/mol. The number of carbonyl (C=O) groups is 3. The van der Waals surface area contributed by atoms with Crippen molar-refractivity contribution in [3.05, 3.63) is 52.2 Å². The topological polar surface area (TPSA) is 82.2 Å². The van der Waals surface area contributed by atoms with Gasteiger partial charge in [-0.3, -0.25) is 14.4 Å². The van der Waals surface area contributed by atoms with Crippen LogP contribution in [-0.2, 0) is 4.79 Å². The highest BCUT2D eigenvalue weighted by Crippen LogP contribution is 2.36. The fourth-order valence-electron chi connectivity index (χ4n) is 5.00. The average Bonchev–Trinajstić information content (AvgIpc) is 3.37. The lowest BCUT2D eigenvalue weighted by Crippen LogP contribution is -2.53. The summed E-state index contributed by atoms with van der Waals surface area (Å²) in [6, 6.07) is 10.2. The molecule has 3 amide bonds. The van der Waals surface area contributed by atoms with Crippen molar-refractivity contribution in [2.24, 2.45) is 0 Å². The molecule has 2 unspecified atom stereocenters. The van der Waals surface area contributed by atoms with E-state index in [0.29, 0.717) is 42.2 Å². The van der Waals surface area contributed by atoms with Crippen LogP contribution in [0.4, 0.5) is 0 Å². The first-order valence-electron chi connectivity index (χ1n) is 11.9. The Hall–Kier alpha value is -2.91. The number of benzene rings is 1. The van der Waals surface area contributed by atoms with Crippen molar-refractivity contribution in [2.75, 3.05) is 39.8 Å². The first kappa shape index (κ1) is 22.9. The third-order valence-corrected chi connectivity index (χ3v) is 7.73. The van der Waals surface area contributed by atoms with Crippen LogP contribution in [0.2, 0.25) is 0 Å². The van der Waals surface area contributed by atoms with Gasteiger partial charge in [-0.25, -0.2) is 0 Å².